The third-order valence-corrected chi connectivity index (χ3v) is 8.61. The molecule has 2 aliphatic rings. The minimum Gasteiger partial charge on any atom is -0.390 e. The van der Waals surface area contributed by atoms with Crippen molar-refractivity contribution in [1.82, 2.24) is 19.8 Å². The summed E-state index contributed by atoms with van der Waals surface area (Å²) in [5.41, 5.74) is 3.27. The summed E-state index contributed by atoms with van der Waals surface area (Å²) in [6.07, 6.45) is -0.0359. The van der Waals surface area contributed by atoms with Crippen molar-refractivity contribution in [2.75, 3.05) is 38.5 Å². The predicted molar refractivity (Wildman–Crippen MR) is 132 cm³/mol. The molecule has 2 aliphatic heterocycles. The molecule has 1 saturated heterocycles. The molecule has 35 heavy (non-hydrogen) atoms. The molecule has 0 saturated carbocycles. The second kappa shape index (κ2) is 10.9. The van der Waals surface area contributed by atoms with Crippen LogP contribution in [-0.2, 0) is 23.0 Å². The first kappa shape index (κ1) is 25.3. The maximum Gasteiger partial charge on any atom is 0.253 e. The third-order valence-electron chi connectivity index (χ3n) is 6.73. The Morgan fingerprint density at radius 1 is 1.03 bits per heavy atom. The lowest BCUT2D eigenvalue weighted by molar-refractivity contribution is 0.0697. The van der Waals surface area contributed by atoms with Crippen LogP contribution in [0.2, 0.25) is 0 Å². The average Bonchev–Trinajstić information content (AvgIpc) is 2.91. The minimum atomic E-state index is -3.25. The Balaban J connectivity index is 1.27. The van der Waals surface area contributed by atoms with E-state index in [1.54, 1.807) is 36.1 Å². The largest absolute Gasteiger partial charge is 0.390 e. The van der Waals surface area contributed by atoms with Crippen LogP contribution in [0.1, 0.15) is 38.8 Å². The van der Waals surface area contributed by atoms with Crippen molar-refractivity contribution >= 4 is 21.8 Å². The molecule has 2 atom stereocenters. The summed E-state index contributed by atoms with van der Waals surface area (Å²) in [5.74, 6) is -0.464. The van der Waals surface area contributed by atoms with Gasteiger partial charge in [0.05, 0.1) is 11.9 Å². The fourth-order valence-electron chi connectivity index (χ4n) is 4.49. The number of amides is 2. The highest BCUT2D eigenvalue weighted by Crippen LogP contribution is 2.18. The summed E-state index contributed by atoms with van der Waals surface area (Å²) in [6, 6.07) is 14.3. The fourth-order valence-corrected chi connectivity index (χ4v) is 5.58. The maximum absolute atomic E-state index is 12.8. The van der Waals surface area contributed by atoms with E-state index in [0.717, 1.165) is 0 Å². The van der Waals surface area contributed by atoms with E-state index < -0.39 is 16.1 Å². The molecular formula is C25H32N4O5S. The van der Waals surface area contributed by atoms with Crippen LogP contribution in [0, 0.1) is 0 Å². The number of rotatable bonds is 7. The van der Waals surface area contributed by atoms with Crippen molar-refractivity contribution < 1.29 is 23.1 Å². The second-order valence-corrected chi connectivity index (χ2v) is 11.2. The first-order chi connectivity index (χ1) is 16.8. The van der Waals surface area contributed by atoms with Crippen LogP contribution in [0.5, 0.6) is 0 Å². The zero-order valence-corrected chi connectivity index (χ0v) is 20.6. The first-order valence-corrected chi connectivity index (χ1v) is 13.5. The molecule has 1 fully saturated rings. The number of hydrogen-bond donors (Lipinski definition) is 3. The monoisotopic (exact) mass is 500 g/mol. The second-order valence-electron chi connectivity index (χ2n) is 8.91. The minimum absolute atomic E-state index is 0.0482. The fraction of sp³-hybridized carbons (Fsp3) is 0.440. The predicted octanol–water partition coefficient (Wildman–Crippen LogP) is 0.599. The van der Waals surface area contributed by atoms with Crippen LogP contribution in [-0.4, -0.2) is 85.2 Å². The number of carbonyl (C=O) groups is 2. The van der Waals surface area contributed by atoms with Crippen molar-refractivity contribution in [2.24, 2.45) is 0 Å². The van der Waals surface area contributed by atoms with Gasteiger partial charge in [0.15, 0.2) is 0 Å². The Morgan fingerprint density at radius 3 is 2.31 bits per heavy atom. The van der Waals surface area contributed by atoms with Gasteiger partial charge in [-0.1, -0.05) is 24.3 Å². The summed E-state index contributed by atoms with van der Waals surface area (Å²) in [7, 11) is -3.25. The smallest absolute Gasteiger partial charge is 0.253 e. The molecule has 4 rings (SSSR count). The van der Waals surface area contributed by atoms with Gasteiger partial charge in [-0.25, -0.2) is 8.42 Å². The van der Waals surface area contributed by atoms with E-state index in [1.807, 2.05) is 12.1 Å². The number of aliphatic hydroxyl groups is 1. The maximum atomic E-state index is 12.8. The normalized spacial score (nSPS) is 19.6. The first-order valence-electron chi connectivity index (χ1n) is 11.9. The molecule has 0 spiro atoms. The molecule has 10 heteroatoms. The highest BCUT2D eigenvalue weighted by molar-refractivity contribution is 7.89. The van der Waals surface area contributed by atoms with Crippen molar-refractivity contribution in [3.63, 3.8) is 0 Å². The van der Waals surface area contributed by atoms with Crippen molar-refractivity contribution in [3.8, 4) is 0 Å². The number of fused-ring (bicyclic) bond motifs is 1. The molecule has 0 aliphatic carbocycles. The zero-order chi connectivity index (χ0) is 25.0. The number of carbonyl (C=O) groups excluding carboxylic acids is 2. The molecular weight excluding hydrogens is 468 g/mol. The van der Waals surface area contributed by atoms with E-state index in [0.29, 0.717) is 37.2 Å². The Bertz CT molecular complexity index is 1160. The van der Waals surface area contributed by atoms with Gasteiger partial charge in [0.2, 0.25) is 10.0 Å². The lowest BCUT2D eigenvalue weighted by Crippen LogP contribution is -2.50. The molecule has 3 N–H and O–H groups in total. The molecule has 0 bridgehead atoms. The number of piperazine rings is 1. The van der Waals surface area contributed by atoms with E-state index in [2.05, 4.69) is 22.8 Å². The van der Waals surface area contributed by atoms with Gasteiger partial charge < -0.3 is 20.6 Å². The van der Waals surface area contributed by atoms with Crippen LogP contribution in [0.15, 0.2) is 48.5 Å². The van der Waals surface area contributed by atoms with Crippen LogP contribution in [0.25, 0.3) is 0 Å². The highest BCUT2D eigenvalue weighted by Gasteiger charge is 2.28. The number of benzene rings is 2. The van der Waals surface area contributed by atoms with E-state index in [9.17, 15) is 23.1 Å². The van der Waals surface area contributed by atoms with Crippen LogP contribution in [0.4, 0.5) is 0 Å². The molecule has 2 unspecified atom stereocenters. The van der Waals surface area contributed by atoms with E-state index in [4.69, 9.17) is 0 Å². The molecule has 0 aromatic heterocycles. The van der Waals surface area contributed by atoms with Gasteiger partial charge in [0, 0.05) is 56.4 Å². The number of aliphatic hydroxyl groups excluding tert-OH is 1. The number of nitrogens with one attached hydrogen (secondary N) is 2. The zero-order valence-electron chi connectivity index (χ0n) is 19.8. The summed E-state index contributed by atoms with van der Waals surface area (Å²) in [4.78, 5) is 27.0. The van der Waals surface area contributed by atoms with E-state index in [-0.39, 0.29) is 43.2 Å². The Morgan fingerprint density at radius 2 is 1.66 bits per heavy atom. The average molecular weight is 501 g/mol. The number of nitrogens with zero attached hydrogens (tertiary/aromatic N) is 2. The lowest BCUT2D eigenvalue weighted by atomic mass is 9.93. The van der Waals surface area contributed by atoms with Crippen LogP contribution >= 0.6 is 0 Å². The molecule has 0 radical (unpaired) electrons. The summed E-state index contributed by atoms with van der Waals surface area (Å²) in [6.45, 7) is 3.64. The summed E-state index contributed by atoms with van der Waals surface area (Å²) < 4.78 is 25.4. The topological polar surface area (TPSA) is 119 Å². The van der Waals surface area contributed by atoms with Crippen LogP contribution in [0.3, 0.4) is 0 Å². The van der Waals surface area contributed by atoms with Gasteiger partial charge in [-0.05, 0) is 48.7 Å². The van der Waals surface area contributed by atoms with Gasteiger partial charge in [-0.15, -0.1) is 0 Å². The SMILES string of the molecule is CCS(=O)(=O)N1CCN(C(=O)c2ccc(C(=O)NCC(O)C3Cc4ccccc4CN3)cc2)CC1. The van der Waals surface area contributed by atoms with Gasteiger partial charge in [-0.3, -0.25) is 9.59 Å². The Labute approximate surface area is 206 Å². The molecule has 2 aromatic carbocycles. The van der Waals surface area contributed by atoms with Crippen molar-refractivity contribution in [3.05, 3.63) is 70.8 Å². The number of sulfonamides is 1. The van der Waals surface area contributed by atoms with E-state index in [1.165, 1.54) is 15.4 Å². The Hall–Kier alpha value is -2.79. The third kappa shape index (κ3) is 5.90. The van der Waals surface area contributed by atoms with Gasteiger partial charge in [-0.2, -0.15) is 4.31 Å². The van der Waals surface area contributed by atoms with Crippen molar-refractivity contribution in [2.45, 2.75) is 32.0 Å². The molecule has 9 nitrogen and oxygen atoms in total. The Kier molecular flexibility index (Phi) is 7.85. The standard InChI is InChI=1S/C25H32N4O5S/c1-2-35(33,34)29-13-11-28(12-14-29)25(32)19-9-7-18(8-10-19)24(31)27-17-23(30)22-15-20-5-3-4-6-21(20)16-26-22/h3-10,22-23,26,30H,2,11-17H2,1H3,(H,27,31). The number of hydrogen-bond acceptors (Lipinski definition) is 6. The van der Waals surface area contributed by atoms with Crippen molar-refractivity contribution in [1.29, 1.82) is 0 Å². The van der Waals surface area contributed by atoms with Gasteiger partial charge >= 0.3 is 0 Å². The summed E-state index contributed by atoms with van der Waals surface area (Å²) >= 11 is 0. The molecule has 2 aromatic rings. The molecule has 188 valence electrons. The van der Waals surface area contributed by atoms with Crippen LogP contribution < -0.4 is 10.6 Å². The highest BCUT2D eigenvalue weighted by atomic mass is 32.2. The van der Waals surface area contributed by atoms with Gasteiger partial charge in [0.25, 0.3) is 11.8 Å². The molecule has 2 heterocycles. The quantitative estimate of drug-likeness (QED) is 0.512. The summed E-state index contributed by atoms with van der Waals surface area (Å²) in [5, 5.41) is 16.7. The van der Waals surface area contributed by atoms with Gasteiger partial charge in [0.1, 0.15) is 0 Å². The molecule has 2 amide bonds. The lowest BCUT2D eigenvalue weighted by Gasteiger charge is -2.33. The van der Waals surface area contributed by atoms with E-state index >= 15 is 0 Å².